The van der Waals surface area contributed by atoms with Crippen LogP contribution in [0.15, 0.2) is 42.5 Å². The Hall–Kier alpha value is -2.00. The normalized spacial score (nSPS) is 10.4. The molecule has 21 heavy (non-hydrogen) atoms. The van der Waals surface area contributed by atoms with Gasteiger partial charge in [-0.05, 0) is 43.2 Å². The number of carbonyl (C=O) groups excluding carboxylic acids is 1. The summed E-state index contributed by atoms with van der Waals surface area (Å²) in [5.74, 6) is -0.0864. The smallest absolute Gasteiger partial charge is 0.258 e. The summed E-state index contributed by atoms with van der Waals surface area (Å²) >= 11 is 6.12. The lowest BCUT2D eigenvalue weighted by atomic mass is 10.1. The van der Waals surface area contributed by atoms with Crippen LogP contribution in [0.2, 0.25) is 5.02 Å². The topological polar surface area (TPSA) is 46.3 Å². The lowest BCUT2D eigenvalue weighted by Gasteiger charge is -2.24. The maximum absolute atomic E-state index is 12.8. The molecule has 0 fully saturated rings. The second kappa shape index (κ2) is 6.64. The highest BCUT2D eigenvalue weighted by atomic mass is 35.5. The Morgan fingerprint density at radius 1 is 1.24 bits per heavy atom. The number of benzene rings is 2. The SMILES string of the molecule is CCCN(C(=O)c1ccc(C)c(Cl)c1)c1ccccc1N. The Bertz CT molecular complexity index is 655. The molecule has 0 atom stereocenters. The highest BCUT2D eigenvalue weighted by Crippen LogP contribution is 2.26. The van der Waals surface area contributed by atoms with Crippen molar-refractivity contribution >= 4 is 28.9 Å². The molecule has 110 valence electrons. The summed E-state index contributed by atoms with van der Waals surface area (Å²) in [4.78, 5) is 14.5. The van der Waals surface area contributed by atoms with Gasteiger partial charge in [0.25, 0.3) is 5.91 Å². The van der Waals surface area contributed by atoms with E-state index in [2.05, 4.69) is 0 Å². The van der Waals surface area contributed by atoms with Gasteiger partial charge in [0.1, 0.15) is 0 Å². The molecule has 2 aromatic carbocycles. The van der Waals surface area contributed by atoms with Crippen LogP contribution in [0.1, 0.15) is 29.3 Å². The molecular formula is C17H19ClN2O. The number of aryl methyl sites for hydroxylation is 1. The van der Waals surface area contributed by atoms with E-state index in [1.807, 2.05) is 38.1 Å². The molecule has 0 aliphatic heterocycles. The number of rotatable bonds is 4. The van der Waals surface area contributed by atoms with Gasteiger partial charge in [-0.15, -0.1) is 0 Å². The molecule has 0 spiro atoms. The number of carbonyl (C=O) groups is 1. The first-order valence-electron chi connectivity index (χ1n) is 6.97. The van der Waals surface area contributed by atoms with Crippen LogP contribution < -0.4 is 10.6 Å². The minimum absolute atomic E-state index is 0.0864. The van der Waals surface area contributed by atoms with Crippen molar-refractivity contribution in [2.75, 3.05) is 17.2 Å². The number of amides is 1. The zero-order chi connectivity index (χ0) is 15.4. The van der Waals surface area contributed by atoms with Crippen LogP contribution in [0.25, 0.3) is 0 Å². The molecule has 0 aromatic heterocycles. The predicted octanol–water partition coefficient (Wildman–Crippen LogP) is 4.29. The van der Waals surface area contributed by atoms with E-state index < -0.39 is 0 Å². The standard InChI is InChI=1S/C17H19ClN2O/c1-3-10-20(16-7-5-4-6-15(16)19)17(21)13-9-8-12(2)14(18)11-13/h4-9,11H,3,10,19H2,1-2H3. The molecule has 2 rings (SSSR count). The maximum atomic E-state index is 12.8. The number of nitrogen functional groups attached to an aromatic ring is 1. The molecule has 0 aliphatic rings. The molecule has 0 heterocycles. The van der Waals surface area contributed by atoms with Crippen molar-refractivity contribution in [3.63, 3.8) is 0 Å². The molecule has 0 unspecified atom stereocenters. The fraction of sp³-hybridized carbons (Fsp3) is 0.235. The number of hydrogen-bond acceptors (Lipinski definition) is 2. The van der Waals surface area contributed by atoms with Crippen LogP contribution in [0.4, 0.5) is 11.4 Å². The van der Waals surface area contributed by atoms with Crippen molar-refractivity contribution in [2.45, 2.75) is 20.3 Å². The Balaban J connectivity index is 2.40. The third-order valence-electron chi connectivity index (χ3n) is 3.34. The number of anilines is 2. The van der Waals surface area contributed by atoms with Crippen LogP contribution in [0, 0.1) is 6.92 Å². The maximum Gasteiger partial charge on any atom is 0.258 e. The van der Waals surface area contributed by atoms with Crippen molar-refractivity contribution in [1.82, 2.24) is 0 Å². The van der Waals surface area contributed by atoms with Gasteiger partial charge in [-0.3, -0.25) is 4.79 Å². The molecule has 4 heteroatoms. The Kier molecular flexibility index (Phi) is 4.86. The summed E-state index contributed by atoms with van der Waals surface area (Å²) in [6, 6.07) is 12.8. The van der Waals surface area contributed by atoms with E-state index >= 15 is 0 Å². The summed E-state index contributed by atoms with van der Waals surface area (Å²) in [6.45, 7) is 4.55. The van der Waals surface area contributed by atoms with Crippen LogP contribution in [-0.2, 0) is 0 Å². The van der Waals surface area contributed by atoms with Crippen molar-refractivity contribution in [3.05, 3.63) is 58.6 Å². The average molecular weight is 303 g/mol. The summed E-state index contributed by atoms with van der Waals surface area (Å²) < 4.78 is 0. The molecule has 2 aromatic rings. The van der Waals surface area contributed by atoms with Gasteiger partial charge < -0.3 is 10.6 Å². The lowest BCUT2D eigenvalue weighted by Crippen LogP contribution is -2.32. The lowest BCUT2D eigenvalue weighted by molar-refractivity contribution is 0.0987. The summed E-state index contributed by atoms with van der Waals surface area (Å²) in [5, 5.41) is 0.596. The third kappa shape index (κ3) is 3.37. The van der Waals surface area contributed by atoms with E-state index in [0.29, 0.717) is 22.8 Å². The minimum atomic E-state index is -0.0864. The highest BCUT2D eigenvalue weighted by molar-refractivity contribution is 6.31. The van der Waals surface area contributed by atoms with E-state index in [1.165, 1.54) is 0 Å². The van der Waals surface area contributed by atoms with Crippen LogP contribution in [0.3, 0.4) is 0 Å². The molecule has 0 radical (unpaired) electrons. The van der Waals surface area contributed by atoms with Gasteiger partial charge in [0.15, 0.2) is 0 Å². The fourth-order valence-corrected chi connectivity index (χ4v) is 2.35. The third-order valence-corrected chi connectivity index (χ3v) is 3.75. The summed E-state index contributed by atoms with van der Waals surface area (Å²) in [5.41, 5.74) is 8.86. The van der Waals surface area contributed by atoms with Crippen molar-refractivity contribution < 1.29 is 4.79 Å². The van der Waals surface area contributed by atoms with E-state index in [-0.39, 0.29) is 5.91 Å². The van der Waals surface area contributed by atoms with Crippen LogP contribution >= 0.6 is 11.6 Å². The van der Waals surface area contributed by atoms with Crippen molar-refractivity contribution in [1.29, 1.82) is 0 Å². The molecule has 1 amide bonds. The molecule has 2 N–H and O–H groups in total. The molecular weight excluding hydrogens is 284 g/mol. The van der Waals surface area contributed by atoms with Gasteiger partial charge in [-0.2, -0.15) is 0 Å². The first kappa shape index (κ1) is 15.4. The number of halogens is 1. The van der Waals surface area contributed by atoms with E-state index in [4.69, 9.17) is 17.3 Å². The van der Waals surface area contributed by atoms with E-state index in [9.17, 15) is 4.79 Å². The molecule has 0 aliphatic carbocycles. The Labute approximate surface area is 130 Å². The largest absolute Gasteiger partial charge is 0.397 e. The number of para-hydroxylation sites is 2. The van der Waals surface area contributed by atoms with Gasteiger partial charge in [-0.25, -0.2) is 0 Å². The van der Waals surface area contributed by atoms with Gasteiger partial charge in [0.05, 0.1) is 11.4 Å². The molecule has 3 nitrogen and oxygen atoms in total. The Morgan fingerprint density at radius 3 is 2.57 bits per heavy atom. The minimum Gasteiger partial charge on any atom is -0.397 e. The second-order valence-electron chi connectivity index (χ2n) is 4.98. The zero-order valence-electron chi connectivity index (χ0n) is 12.3. The Morgan fingerprint density at radius 2 is 1.95 bits per heavy atom. The quantitative estimate of drug-likeness (QED) is 0.857. The zero-order valence-corrected chi connectivity index (χ0v) is 13.0. The first-order valence-corrected chi connectivity index (χ1v) is 7.35. The number of nitrogens with zero attached hydrogens (tertiary/aromatic N) is 1. The monoisotopic (exact) mass is 302 g/mol. The average Bonchev–Trinajstić information content (AvgIpc) is 2.48. The van der Waals surface area contributed by atoms with E-state index in [0.717, 1.165) is 17.7 Å². The first-order chi connectivity index (χ1) is 10.0. The van der Waals surface area contributed by atoms with Gasteiger partial charge in [-0.1, -0.05) is 36.7 Å². The second-order valence-corrected chi connectivity index (χ2v) is 5.39. The number of nitrogens with two attached hydrogens (primary N) is 1. The summed E-state index contributed by atoms with van der Waals surface area (Å²) in [7, 11) is 0. The van der Waals surface area contributed by atoms with Crippen molar-refractivity contribution in [3.8, 4) is 0 Å². The fourth-order valence-electron chi connectivity index (χ4n) is 2.17. The van der Waals surface area contributed by atoms with Crippen LogP contribution in [0.5, 0.6) is 0 Å². The molecule has 0 saturated carbocycles. The van der Waals surface area contributed by atoms with Gasteiger partial charge in [0, 0.05) is 17.1 Å². The number of hydrogen-bond donors (Lipinski definition) is 1. The van der Waals surface area contributed by atoms with E-state index in [1.54, 1.807) is 23.1 Å². The van der Waals surface area contributed by atoms with Crippen LogP contribution in [-0.4, -0.2) is 12.5 Å². The summed E-state index contributed by atoms with van der Waals surface area (Å²) in [6.07, 6.45) is 0.847. The van der Waals surface area contributed by atoms with Gasteiger partial charge in [0.2, 0.25) is 0 Å². The predicted molar refractivity (Wildman–Crippen MR) is 89.0 cm³/mol. The molecule has 0 bridgehead atoms. The molecule has 0 saturated heterocycles. The van der Waals surface area contributed by atoms with Crippen molar-refractivity contribution in [2.24, 2.45) is 0 Å². The van der Waals surface area contributed by atoms with Gasteiger partial charge >= 0.3 is 0 Å². The highest BCUT2D eigenvalue weighted by Gasteiger charge is 2.19.